The zero-order chi connectivity index (χ0) is 23.4. The standard InChI is InChI=1S/C23H13Cl2N5O3/c1-11-13(22(32)29-19-5-3-2-4-18(19)27-20(29)15(11)10-26)9-14-21(31)28-30(23(14)33)12-6-7-16(24)17(25)8-12/h2-9,33H,1H3,(H,28,31)/b13-9+. The number of rotatable bonds is 2. The molecule has 0 fully saturated rings. The summed E-state index contributed by atoms with van der Waals surface area (Å²) in [6.07, 6.45) is 1.27. The minimum Gasteiger partial charge on any atom is -0.493 e. The van der Waals surface area contributed by atoms with E-state index >= 15 is 0 Å². The van der Waals surface area contributed by atoms with Gasteiger partial charge in [-0.15, -0.1) is 0 Å². The smallest absolute Gasteiger partial charge is 0.275 e. The van der Waals surface area contributed by atoms with Crippen molar-refractivity contribution in [1.82, 2.24) is 19.2 Å². The second-order valence-corrected chi connectivity index (χ2v) is 8.16. The summed E-state index contributed by atoms with van der Waals surface area (Å²) in [6.45, 7) is 1.60. The maximum absolute atomic E-state index is 13.4. The number of pyridine rings is 1. The number of aromatic hydroxyl groups is 1. The second-order valence-electron chi connectivity index (χ2n) is 7.35. The van der Waals surface area contributed by atoms with Gasteiger partial charge in [-0.05, 0) is 48.9 Å². The number of aromatic nitrogens is 4. The van der Waals surface area contributed by atoms with Gasteiger partial charge >= 0.3 is 0 Å². The molecular weight excluding hydrogens is 465 g/mol. The number of nitrogens with zero attached hydrogens (tertiary/aromatic N) is 4. The van der Waals surface area contributed by atoms with Crippen molar-refractivity contribution in [2.75, 3.05) is 0 Å². The maximum Gasteiger partial charge on any atom is 0.275 e. The van der Waals surface area contributed by atoms with Gasteiger partial charge in [-0.3, -0.25) is 19.1 Å². The third-order valence-electron chi connectivity index (χ3n) is 5.47. The Morgan fingerprint density at radius 2 is 1.91 bits per heavy atom. The van der Waals surface area contributed by atoms with Crippen molar-refractivity contribution in [3.63, 3.8) is 0 Å². The third-order valence-corrected chi connectivity index (χ3v) is 6.21. The normalized spacial score (nSPS) is 12.0. The van der Waals surface area contributed by atoms with Crippen LogP contribution >= 0.6 is 23.2 Å². The summed E-state index contributed by atoms with van der Waals surface area (Å²) in [7, 11) is 0. The molecule has 3 heterocycles. The lowest BCUT2D eigenvalue weighted by Crippen LogP contribution is -2.34. The van der Waals surface area contributed by atoms with Crippen molar-refractivity contribution in [2.45, 2.75) is 6.92 Å². The van der Waals surface area contributed by atoms with Crippen molar-refractivity contribution in [3.05, 3.63) is 95.1 Å². The summed E-state index contributed by atoms with van der Waals surface area (Å²) in [6, 6.07) is 13.7. The Labute approximate surface area is 195 Å². The predicted octanol–water partition coefficient (Wildman–Crippen LogP) is 3.07. The van der Waals surface area contributed by atoms with Gasteiger partial charge in [0, 0.05) is 5.22 Å². The molecule has 0 bridgehead atoms. The summed E-state index contributed by atoms with van der Waals surface area (Å²) in [5, 5.41) is 23.7. The van der Waals surface area contributed by atoms with Gasteiger partial charge in [0.05, 0.1) is 32.3 Å². The number of aromatic amines is 1. The average molecular weight is 478 g/mol. The topological polar surface area (TPSA) is 116 Å². The van der Waals surface area contributed by atoms with E-state index in [2.05, 4.69) is 16.2 Å². The molecule has 33 heavy (non-hydrogen) atoms. The highest BCUT2D eigenvalue weighted by molar-refractivity contribution is 6.42. The van der Waals surface area contributed by atoms with Gasteiger partial charge in [0.1, 0.15) is 11.6 Å². The Kier molecular flexibility index (Phi) is 4.74. The first kappa shape index (κ1) is 20.8. The summed E-state index contributed by atoms with van der Waals surface area (Å²) < 4.78 is 2.47. The minimum atomic E-state index is -0.633. The van der Waals surface area contributed by atoms with Crippen molar-refractivity contribution in [1.29, 1.82) is 5.26 Å². The van der Waals surface area contributed by atoms with E-state index in [1.165, 1.54) is 22.6 Å². The summed E-state index contributed by atoms with van der Waals surface area (Å²) in [5.74, 6) is -0.425. The second kappa shape index (κ2) is 7.52. The van der Waals surface area contributed by atoms with Gasteiger partial charge < -0.3 is 5.11 Å². The van der Waals surface area contributed by atoms with Gasteiger partial charge in [0.15, 0.2) is 5.65 Å². The molecule has 0 saturated carbocycles. The molecule has 0 aliphatic heterocycles. The van der Waals surface area contributed by atoms with Crippen LogP contribution in [0.1, 0.15) is 16.7 Å². The van der Waals surface area contributed by atoms with E-state index in [-0.39, 0.29) is 27.0 Å². The molecule has 0 radical (unpaired) electrons. The van der Waals surface area contributed by atoms with Gasteiger partial charge in [-0.25, -0.2) is 9.67 Å². The molecule has 0 unspecified atom stereocenters. The Hall–Kier alpha value is -4.06. The van der Waals surface area contributed by atoms with Crippen molar-refractivity contribution < 1.29 is 5.11 Å². The summed E-state index contributed by atoms with van der Waals surface area (Å²) in [4.78, 5) is 30.5. The molecule has 8 nitrogen and oxygen atoms in total. The monoisotopic (exact) mass is 477 g/mol. The highest BCUT2D eigenvalue weighted by Crippen LogP contribution is 2.27. The molecule has 0 spiro atoms. The number of para-hydroxylation sites is 2. The van der Waals surface area contributed by atoms with Gasteiger partial charge in [0.2, 0.25) is 5.88 Å². The molecule has 2 aromatic carbocycles. The molecule has 10 heteroatoms. The number of imidazole rings is 1. The average Bonchev–Trinajstić information content (AvgIpc) is 3.31. The van der Waals surface area contributed by atoms with Crippen LogP contribution in [0, 0.1) is 18.3 Å². The molecule has 0 aliphatic rings. The van der Waals surface area contributed by atoms with Gasteiger partial charge in [0.25, 0.3) is 11.1 Å². The van der Waals surface area contributed by atoms with Crippen molar-refractivity contribution in [3.8, 4) is 17.6 Å². The SMILES string of the molecule is Cc1c(C#N)c2nc3ccccc3n2c(=O)/c1=C/c1c(O)n(-c2ccc(Cl)c(Cl)c2)[nH]c1=O. The quantitative estimate of drug-likeness (QED) is 0.405. The molecule has 0 saturated heterocycles. The van der Waals surface area contributed by atoms with E-state index < -0.39 is 17.0 Å². The van der Waals surface area contributed by atoms with E-state index in [1.807, 2.05) is 0 Å². The lowest BCUT2D eigenvalue weighted by molar-refractivity contribution is 0.432. The highest BCUT2D eigenvalue weighted by Gasteiger charge is 2.19. The summed E-state index contributed by atoms with van der Waals surface area (Å²) in [5.41, 5.74) is 1.03. The Morgan fingerprint density at radius 1 is 1.15 bits per heavy atom. The van der Waals surface area contributed by atoms with Gasteiger partial charge in [-0.2, -0.15) is 5.26 Å². The molecule has 162 valence electrons. The molecular formula is C23H13Cl2N5O3. The Morgan fingerprint density at radius 3 is 2.64 bits per heavy atom. The largest absolute Gasteiger partial charge is 0.493 e. The molecule has 0 aliphatic carbocycles. The molecule has 5 rings (SSSR count). The fraction of sp³-hybridized carbons (Fsp3) is 0.0435. The first-order valence-corrected chi connectivity index (χ1v) is 10.4. The number of nitriles is 1. The summed E-state index contributed by atoms with van der Waals surface area (Å²) >= 11 is 12.0. The number of H-pyrrole nitrogens is 1. The molecule has 0 atom stereocenters. The highest BCUT2D eigenvalue weighted by atomic mass is 35.5. The van der Waals surface area contributed by atoms with Crippen molar-refractivity contribution in [2.24, 2.45) is 0 Å². The van der Waals surface area contributed by atoms with Crippen LogP contribution in [0.25, 0.3) is 28.4 Å². The van der Waals surface area contributed by atoms with Crippen LogP contribution in [0.3, 0.4) is 0 Å². The number of nitrogens with one attached hydrogen (secondary N) is 1. The van der Waals surface area contributed by atoms with E-state index in [0.717, 1.165) is 4.68 Å². The Balaban J connectivity index is 1.84. The predicted molar refractivity (Wildman–Crippen MR) is 125 cm³/mol. The molecule has 5 aromatic rings. The lowest BCUT2D eigenvalue weighted by atomic mass is 10.1. The number of fused-ring (bicyclic) bond motifs is 3. The van der Waals surface area contributed by atoms with Crippen LogP contribution in [-0.2, 0) is 0 Å². The minimum absolute atomic E-state index is 0.0925. The van der Waals surface area contributed by atoms with E-state index in [9.17, 15) is 20.0 Å². The van der Waals surface area contributed by atoms with Crippen LogP contribution in [0.5, 0.6) is 5.88 Å². The van der Waals surface area contributed by atoms with E-state index in [0.29, 0.717) is 27.3 Å². The van der Waals surface area contributed by atoms with Crippen LogP contribution in [0.15, 0.2) is 52.1 Å². The first-order chi connectivity index (χ1) is 15.8. The number of benzene rings is 2. The first-order valence-electron chi connectivity index (χ1n) is 9.67. The fourth-order valence-corrected chi connectivity index (χ4v) is 4.10. The number of hydrogen-bond donors (Lipinski definition) is 2. The van der Waals surface area contributed by atoms with E-state index in [1.54, 1.807) is 37.3 Å². The molecule has 2 N–H and O–H groups in total. The van der Waals surface area contributed by atoms with Crippen LogP contribution in [0.4, 0.5) is 0 Å². The fourth-order valence-electron chi connectivity index (χ4n) is 3.81. The van der Waals surface area contributed by atoms with Crippen molar-refractivity contribution >= 4 is 46.0 Å². The van der Waals surface area contributed by atoms with Crippen LogP contribution in [-0.4, -0.2) is 24.3 Å². The zero-order valence-corrected chi connectivity index (χ0v) is 18.4. The van der Waals surface area contributed by atoms with Crippen LogP contribution in [0.2, 0.25) is 10.0 Å². The molecule has 3 aromatic heterocycles. The maximum atomic E-state index is 13.4. The number of hydrogen-bond acceptors (Lipinski definition) is 5. The third kappa shape index (κ3) is 3.09. The lowest BCUT2D eigenvalue weighted by Gasteiger charge is -2.06. The zero-order valence-electron chi connectivity index (χ0n) is 16.9. The molecule has 0 amide bonds. The van der Waals surface area contributed by atoms with Gasteiger partial charge in [-0.1, -0.05) is 35.3 Å². The van der Waals surface area contributed by atoms with Crippen LogP contribution < -0.4 is 16.3 Å². The Bertz CT molecular complexity index is 1830. The number of halogens is 2. The van der Waals surface area contributed by atoms with E-state index in [4.69, 9.17) is 23.2 Å².